The fourth-order valence-corrected chi connectivity index (χ4v) is 3.59. The molecule has 1 atom stereocenters. The van der Waals surface area contributed by atoms with Crippen LogP contribution in [0.2, 0.25) is 0 Å². The summed E-state index contributed by atoms with van der Waals surface area (Å²) in [5, 5.41) is 9.57. The number of phenolic OH excluding ortho intramolecular Hbond substituents is 1. The number of nitrogens with zero attached hydrogens (tertiary/aromatic N) is 1. The molecule has 3 rings (SSSR count). The van der Waals surface area contributed by atoms with Gasteiger partial charge >= 0.3 is 0 Å². The third kappa shape index (κ3) is 3.63. The van der Waals surface area contributed by atoms with Crippen LogP contribution in [0.3, 0.4) is 0 Å². The lowest BCUT2D eigenvalue weighted by Crippen LogP contribution is -2.12. The van der Waals surface area contributed by atoms with E-state index < -0.39 is 0 Å². The first-order chi connectivity index (χ1) is 12.1. The SMILES string of the molecule is CCCc1ccc(C(CC)n2c(C)ccc2-c2ccc(O)cc2)cc1. The predicted molar refractivity (Wildman–Crippen MR) is 105 cm³/mol. The van der Waals surface area contributed by atoms with Crippen molar-refractivity contribution < 1.29 is 5.11 Å². The molecule has 0 saturated carbocycles. The van der Waals surface area contributed by atoms with Crippen LogP contribution in [0.25, 0.3) is 11.3 Å². The Morgan fingerprint density at radius 1 is 0.880 bits per heavy atom. The number of phenols is 1. The summed E-state index contributed by atoms with van der Waals surface area (Å²) < 4.78 is 2.42. The van der Waals surface area contributed by atoms with Crippen LogP contribution >= 0.6 is 0 Å². The summed E-state index contributed by atoms with van der Waals surface area (Å²) in [6.07, 6.45) is 3.35. The maximum absolute atomic E-state index is 9.57. The second-order valence-electron chi connectivity index (χ2n) is 6.69. The summed E-state index contributed by atoms with van der Waals surface area (Å²) in [6.45, 7) is 6.62. The lowest BCUT2D eigenvalue weighted by molar-refractivity contribution is 0.475. The van der Waals surface area contributed by atoms with Gasteiger partial charge in [-0.1, -0.05) is 44.5 Å². The first-order valence-corrected chi connectivity index (χ1v) is 9.20. The van der Waals surface area contributed by atoms with Crippen molar-refractivity contribution in [3.05, 3.63) is 77.5 Å². The highest BCUT2D eigenvalue weighted by Crippen LogP contribution is 2.32. The van der Waals surface area contributed by atoms with Crippen LogP contribution in [0.15, 0.2) is 60.7 Å². The highest BCUT2D eigenvalue weighted by molar-refractivity contribution is 5.62. The largest absolute Gasteiger partial charge is 0.508 e. The molecule has 1 N–H and O–H groups in total. The topological polar surface area (TPSA) is 25.2 Å². The monoisotopic (exact) mass is 333 g/mol. The van der Waals surface area contributed by atoms with Gasteiger partial charge in [0.1, 0.15) is 5.75 Å². The summed E-state index contributed by atoms with van der Waals surface area (Å²) in [4.78, 5) is 0. The van der Waals surface area contributed by atoms with E-state index >= 15 is 0 Å². The number of hydrogen-bond acceptors (Lipinski definition) is 1. The van der Waals surface area contributed by atoms with E-state index in [-0.39, 0.29) is 0 Å². The molecule has 3 aromatic rings. The molecular formula is C23H27NO. The lowest BCUT2D eigenvalue weighted by Gasteiger charge is -2.23. The van der Waals surface area contributed by atoms with Gasteiger partial charge in [0.25, 0.3) is 0 Å². The van der Waals surface area contributed by atoms with Crippen LogP contribution < -0.4 is 0 Å². The fraction of sp³-hybridized carbons (Fsp3) is 0.304. The minimum Gasteiger partial charge on any atom is -0.508 e. The quantitative estimate of drug-likeness (QED) is 0.577. The molecule has 0 spiro atoms. The molecule has 2 aromatic carbocycles. The molecule has 0 bridgehead atoms. The van der Waals surface area contributed by atoms with Crippen LogP contribution in [0.5, 0.6) is 5.75 Å². The van der Waals surface area contributed by atoms with Gasteiger partial charge in [-0.3, -0.25) is 0 Å². The van der Waals surface area contributed by atoms with Crippen molar-refractivity contribution in [1.29, 1.82) is 0 Å². The number of hydrogen-bond donors (Lipinski definition) is 1. The zero-order valence-electron chi connectivity index (χ0n) is 15.4. The molecule has 0 saturated heterocycles. The number of aromatic hydroxyl groups is 1. The Morgan fingerprint density at radius 2 is 1.56 bits per heavy atom. The molecule has 0 radical (unpaired) electrons. The summed E-state index contributed by atoms with van der Waals surface area (Å²) in [7, 11) is 0. The van der Waals surface area contributed by atoms with Gasteiger partial charge in [0, 0.05) is 11.4 Å². The van der Waals surface area contributed by atoms with Crippen molar-refractivity contribution in [2.75, 3.05) is 0 Å². The van der Waals surface area contributed by atoms with Gasteiger partial charge in [0.15, 0.2) is 0 Å². The molecule has 2 nitrogen and oxygen atoms in total. The van der Waals surface area contributed by atoms with Crippen molar-refractivity contribution in [2.24, 2.45) is 0 Å². The Kier molecular flexibility index (Phi) is 5.28. The van der Waals surface area contributed by atoms with E-state index in [1.165, 1.54) is 28.9 Å². The molecular weight excluding hydrogens is 306 g/mol. The molecule has 1 unspecified atom stereocenters. The van der Waals surface area contributed by atoms with E-state index in [1.54, 1.807) is 12.1 Å². The van der Waals surface area contributed by atoms with Gasteiger partial charge in [-0.25, -0.2) is 0 Å². The van der Waals surface area contributed by atoms with E-state index in [0.29, 0.717) is 11.8 Å². The first kappa shape index (κ1) is 17.3. The highest BCUT2D eigenvalue weighted by Gasteiger charge is 2.17. The Balaban J connectivity index is 2.01. The van der Waals surface area contributed by atoms with Crippen molar-refractivity contribution in [3.63, 3.8) is 0 Å². The second kappa shape index (κ2) is 7.60. The summed E-state index contributed by atoms with van der Waals surface area (Å²) in [5.41, 5.74) is 6.34. The third-order valence-electron chi connectivity index (χ3n) is 4.89. The molecule has 0 aliphatic carbocycles. The lowest BCUT2D eigenvalue weighted by atomic mass is 10.00. The summed E-state index contributed by atoms with van der Waals surface area (Å²) in [5.74, 6) is 0.303. The van der Waals surface area contributed by atoms with Crippen LogP contribution in [-0.4, -0.2) is 9.67 Å². The Labute approximate surface area is 150 Å². The Morgan fingerprint density at radius 3 is 2.16 bits per heavy atom. The maximum atomic E-state index is 9.57. The summed E-state index contributed by atoms with van der Waals surface area (Å²) in [6, 6.07) is 21.2. The Hall–Kier alpha value is -2.48. The van der Waals surface area contributed by atoms with Gasteiger partial charge in [-0.15, -0.1) is 0 Å². The molecule has 0 aliphatic rings. The van der Waals surface area contributed by atoms with Gasteiger partial charge < -0.3 is 9.67 Å². The third-order valence-corrected chi connectivity index (χ3v) is 4.89. The Bertz CT molecular complexity index is 812. The standard InChI is InChI=1S/C23H27NO/c1-4-6-18-8-10-19(11-9-18)22(5-2)24-17(3)7-16-23(24)20-12-14-21(25)15-13-20/h7-16,22,25H,4-6H2,1-3H3. The van der Waals surface area contributed by atoms with Gasteiger partial charge in [0.05, 0.1) is 6.04 Å². The van der Waals surface area contributed by atoms with Crippen LogP contribution in [0, 0.1) is 6.92 Å². The van der Waals surface area contributed by atoms with E-state index in [9.17, 15) is 5.11 Å². The number of benzene rings is 2. The molecule has 25 heavy (non-hydrogen) atoms. The molecule has 0 amide bonds. The van der Waals surface area contributed by atoms with E-state index in [1.807, 2.05) is 12.1 Å². The number of aryl methyl sites for hydroxylation is 2. The molecule has 0 aliphatic heterocycles. The van der Waals surface area contributed by atoms with Gasteiger partial charge in [0.2, 0.25) is 0 Å². The maximum Gasteiger partial charge on any atom is 0.115 e. The zero-order valence-corrected chi connectivity index (χ0v) is 15.4. The average Bonchev–Trinajstić information content (AvgIpc) is 3.00. The zero-order chi connectivity index (χ0) is 17.8. The van der Waals surface area contributed by atoms with Crippen molar-refractivity contribution in [1.82, 2.24) is 4.57 Å². The summed E-state index contributed by atoms with van der Waals surface area (Å²) >= 11 is 0. The van der Waals surface area contributed by atoms with E-state index in [2.05, 4.69) is 61.7 Å². The smallest absolute Gasteiger partial charge is 0.115 e. The predicted octanol–water partition coefficient (Wildman–Crippen LogP) is 6.12. The van der Waals surface area contributed by atoms with Crippen LogP contribution in [0.1, 0.15) is 49.6 Å². The molecule has 1 aromatic heterocycles. The fourth-order valence-electron chi connectivity index (χ4n) is 3.59. The minimum atomic E-state index is 0.303. The first-order valence-electron chi connectivity index (χ1n) is 9.20. The van der Waals surface area contributed by atoms with Crippen molar-refractivity contribution >= 4 is 0 Å². The molecule has 2 heteroatoms. The van der Waals surface area contributed by atoms with Crippen LogP contribution in [-0.2, 0) is 6.42 Å². The number of aromatic nitrogens is 1. The number of rotatable bonds is 6. The van der Waals surface area contributed by atoms with Crippen LogP contribution in [0.4, 0.5) is 0 Å². The minimum absolute atomic E-state index is 0.303. The van der Waals surface area contributed by atoms with Crippen molar-refractivity contribution in [3.8, 4) is 17.0 Å². The van der Waals surface area contributed by atoms with Gasteiger partial charge in [-0.2, -0.15) is 0 Å². The van der Waals surface area contributed by atoms with E-state index in [4.69, 9.17) is 0 Å². The second-order valence-corrected chi connectivity index (χ2v) is 6.69. The normalized spacial score (nSPS) is 12.3. The van der Waals surface area contributed by atoms with Gasteiger partial charge in [-0.05, 0) is 72.9 Å². The molecule has 1 heterocycles. The molecule has 130 valence electrons. The van der Waals surface area contributed by atoms with Crippen molar-refractivity contribution in [2.45, 2.75) is 46.1 Å². The highest BCUT2D eigenvalue weighted by atomic mass is 16.3. The molecule has 0 fully saturated rings. The van der Waals surface area contributed by atoms with E-state index in [0.717, 1.165) is 18.4 Å². The average molecular weight is 333 g/mol.